The zero-order chi connectivity index (χ0) is 17.1. The van der Waals surface area contributed by atoms with Crippen molar-refractivity contribution in [3.05, 3.63) is 65.9 Å². The first-order valence-corrected chi connectivity index (χ1v) is 7.19. The minimum atomic E-state index is -0.755. The lowest BCUT2D eigenvalue weighted by atomic mass is 10.1. The normalized spacial score (nSPS) is 10.8. The van der Waals surface area contributed by atoms with E-state index in [9.17, 15) is 13.6 Å². The first kappa shape index (κ1) is 15.9. The molecule has 3 rings (SSSR count). The van der Waals surface area contributed by atoms with E-state index in [1.807, 2.05) is 16.8 Å². The highest BCUT2D eigenvalue weighted by Crippen LogP contribution is 2.20. The molecular weight excluding hydrogens is 318 g/mol. The van der Waals surface area contributed by atoms with Crippen molar-refractivity contribution in [2.75, 3.05) is 6.61 Å². The maximum Gasteiger partial charge on any atom is 0.274 e. The van der Waals surface area contributed by atoms with Crippen molar-refractivity contribution in [3.8, 4) is 5.75 Å². The van der Waals surface area contributed by atoms with Crippen LogP contribution in [0.1, 0.15) is 10.4 Å². The van der Waals surface area contributed by atoms with Gasteiger partial charge in [-0.1, -0.05) is 6.07 Å². The molecule has 0 fully saturated rings. The Balaban J connectivity index is 1.74. The quantitative estimate of drug-likeness (QED) is 0.557. The zero-order valence-corrected chi connectivity index (χ0v) is 12.5. The molecule has 0 saturated carbocycles. The van der Waals surface area contributed by atoms with Crippen molar-refractivity contribution < 1.29 is 23.5 Å². The first-order chi connectivity index (χ1) is 11.6. The zero-order valence-electron chi connectivity index (χ0n) is 12.5. The number of nitrogens with zero attached hydrogens (tertiary/aromatic N) is 1. The van der Waals surface area contributed by atoms with Gasteiger partial charge in [-0.25, -0.2) is 14.3 Å². The average molecular weight is 332 g/mol. The summed E-state index contributed by atoms with van der Waals surface area (Å²) in [5.41, 5.74) is 2.68. The van der Waals surface area contributed by atoms with Crippen molar-refractivity contribution in [2.24, 2.45) is 0 Å². The van der Waals surface area contributed by atoms with E-state index in [0.717, 1.165) is 23.0 Å². The van der Waals surface area contributed by atoms with Gasteiger partial charge in [0.2, 0.25) is 0 Å². The standard InChI is InChI=1S/C17H14F2N2O3/c18-13-3-4-16(14(19)10-13)24-8-7-21-6-5-11-1-2-12(9-15(11)21)17(22)20-23/h1-6,9-10,23H,7-8H2,(H,20,22). The first-order valence-electron chi connectivity index (χ1n) is 7.19. The van der Waals surface area contributed by atoms with Crippen LogP contribution in [0.25, 0.3) is 10.9 Å². The SMILES string of the molecule is O=C(NO)c1ccc2ccn(CCOc3ccc(F)cc3F)c2c1. The molecule has 0 unspecified atom stereocenters. The number of fused-ring (bicyclic) bond motifs is 1. The lowest BCUT2D eigenvalue weighted by molar-refractivity contribution is 0.0706. The second-order valence-corrected chi connectivity index (χ2v) is 5.15. The van der Waals surface area contributed by atoms with Crippen LogP contribution in [-0.4, -0.2) is 22.3 Å². The number of rotatable bonds is 5. The number of aromatic nitrogens is 1. The summed E-state index contributed by atoms with van der Waals surface area (Å²) in [5.74, 6) is -2.04. The Bertz CT molecular complexity index is 893. The number of carbonyl (C=O) groups excluding carboxylic acids is 1. The van der Waals surface area contributed by atoms with Gasteiger partial charge in [0, 0.05) is 23.3 Å². The number of hydroxylamine groups is 1. The highest BCUT2D eigenvalue weighted by Gasteiger charge is 2.09. The molecule has 0 saturated heterocycles. The van der Waals surface area contributed by atoms with Gasteiger partial charge in [0.05, 0.1) is 6.54 Å². The van der Waals surface area contributed by atoms with E-state index in [2.05, 4.69) is 0 Å². The maximum atomic E-state index is 13.5. The van der Waals surface area contributed by atoms with Crippen molar-refractivity contribution in [1.82, 2.24) is 10.0 Å². The van der Waals surface area contributed by atoms with Gasteiger partial charge >= 0.3 is 0 Å². The van der Waals surface area contributed by atoms with E-state index in [1.54, 1.807) is 23.7 Å². The molecule has 5 nitrogen and oxygen atoms in total. The third-order valence-corrected chi connectivity index (χ3v) is 3.62. The van der Waals surface area contributed by atoms with E-state index >= 15 is 0 Å². The number of halogens is 2. The molecule has 1 amide bonds. The van der Waals surface area contributed by atoms with E-state index in [1.165, 1.54) is 6.07 Å². The molecule has 0 aliphatic carbocycles. The Morgan fingerprint density at radius 3 is 2.75 bits per heavy atom. The average Bonchev–Trinajstić information content (AvgIpc) is 2.98. The summed E-state index contributed by atoms with van der Waals surface area (Å²) >= 11 is 0. The Hall–Kier alpha value is -2.93. The Morgan fingerprint density at radius 2 is 2.00 bits per heavy atom. The van der Waals surface area contributed by atoms with Crippen LogP contribution in [0, 0.1) is 11.6 Å². The van der Waals surface area contributed by atoms with E-state index < -0.39 is 17.5 Å². The predicted molar refractivity (Wildman–Crippen MR) is 83.0 cm³/mol. The Kier molecular flexibility index (Phi) is 4.43. The van der Waals surface area contributed by atoms with E-state index in [4.69, 9.17) is 9.94 Å². The molecule has 2 N–H and O–H groups in total. The number of nitrogens with one attached hydrogen (secondary N) is 1. The van der Waals surface area contributed by atoms with Crippen molar-refractivity contribution in [3.63, 3.8) is 0 Å². The largest absolute Gasteiger partial charge is 0.489 e. The summed E-state index contributed by atoms with van der Waals surface area (Å²) in [6.07, 6.45) is 1.82. The van der Waals surface area contributed by atoms with Gasteiger partial charge < -0.3 is 9.30 Å². The number of amides is 1. The summed E-state index contributed by atoms with van der Waals surface area (Å²) in [6, 6.07) is 10.00. The van der Waals surface area contributed by atoms with Crippen LogP contribution in [0.15, 0.2) is 48.7 Å². The summed E-state index contributed by atoms with van der Waals surface area (Å²) in [6.45, 7) is 0.577. The molecule has 0 radical (unpaired) electrons. The van der Waals surface area contributed by atoms with Crippen LogP contribution in [0.2, 0.25) is 0 Å². The van der Waals surface area contributed by atoms with Crippen molar-refractivity contribution >= 4 is 16.8 Å². The molecule has 7 heteroatoms. The van der Waals surface area contributed by atoms with Crippen LogP contribution < -0.4 is 10.2 Å². The van der Waals surface area contributed by atoms with Crippen LogP contribution in [0.5, 0.6) is 5.75 Å². The van der Waals surface area contributed by atoms with Crippen LogP contribution in [-0.2, 0) is 6.54 Å². The summed E-state index contributed by atoms with van der Waals surface area (Å²) < 4.78 is 33.5. The number of hydrogen-bond acceptors (Lipinski definition) is 3. The number of benzene rings is 2. The van der Waals surface area contributed by atoms with Crippen molar-refractivity contribution in [1.29, 1.82) is 0 Å². The van der Waals surface area contributed by atoms with Gasteiger partial charge in [-0.15, -0.1) is 0 Å². The molecular formula is C17H14F2N2O3. The molecule has 0 aliphatic rings. The van der Waals surface area contributed by atoms with Crippen LogP contribution >= 0.6 is 0 Å². The summed E-state index contributed by atoms with van der Waals surface area (Å²) in [4.78, 5) is 11.5. The third kappa shape index (κ3) is 3.21. The van der Waals surface area contributed by atoms with E-state index in [-0.39, 0.29) is 12.4 Å². The predicted octanol–water partition coefficient (Wildman–Crippen LogP) is 3.12. The van der Waals surface area contributed by atoms with Gasteiger partial charge in [0.15, 0.2) is 11.6 Å². The molecule has 1 aromatic heterocycles. The fraction of sp³-hybridized carbons (Fsp3) is 0.118. The second-order valence-electron chi connectivity index (χ2n) is 5.15. The summed E-state index contributed by atoms with van der Waals surface area (Å²) in [7, 11) is 0. The molecule has 0 bridgehead atoms. The topological polar surface area (TPSA) is 63.5 Å². The minimum absolute atomic E-state index is 0.0202. The number of hydrogen-bond donors (Lipinski definition) is 2. The minimum Gasteiger partial charge on any atom is -0.489 e. The Labute approximate surface area is 136 Å². The smallest absolute Gasteiger partial charge is 0.274 e. The highest BCUT2D eigenvalue weighted by atomic mass is 19.1. The molecule has 124 valence electrons. The molecule has 1 heterocycles. The molecule has 0 spiro atoms. The van der Waals surface area contributed by atoms with Gasteiger partial charge in [0.1, 0.15) is 12.4 Å². The molecule has 0 aliphatic heterocycles. The Morgan fingerprint density at radius 1 is 1.17 bits per heavy atom. The van der Waals surface area contributed by atoms with Gasteiger partial charge in [0.25, 0.3) is 5.91 Å². The third-order valence-electron chi connectivity index (χ3n) is 3.62. The fourth-order valence-electron chi connectivity index (χ4n) is 2.43. The van der Waals surface area contributed by atoms with E-state index in [0.29, 0.717) is 12.1 Å². The number of ether oxygens (including phenoxy) is 1. The van der Waals surface area contributed by atoms with Gasteiger partial charge in [-0.3, -0.25) is 10.0 Å². The van der Waals surface area contributed by atoms with Gasteiger partial charge in [-0.2, -0.15) is 0 Å². The summed E-state index contributed by atoms with van der Waals surface area (Å²) in [5, 5.41) is 9.62. The molecule has 2 aromatic carbocycles. The molecule has 0 atom stereocenters. The number of carbonyl (C=O) groups is 1. The molecule has 24 heavy (non-hydrogen) atoms. The monoisotopic (exact) mass is 332 g/mol. The fourth-order valence-corrected chi connectivity index (χ4v) is 2.43. The van der Waals surface area contributed by atoms with Gasteiger partial charge in [-0.05, 0) is 35.7 Å². The second kappa shape index (κ2) is 6.67. The lowest BCUT2D eigenvalue weighted by Gasteiger charge is -2.09. The van der Waals surface area contributed by atoms with Crippen molar-refractivity contribution in [2.45, 2.75) is 6.54 Å². The lowest BCUT2D eigenvalue weighted by Crippen LogP contribution is -2.18. The maximum absolute atomic E-state index is 13.5. The highest BCUT2D eigenvalue weighted by molar-refractivity contribution is 5.97. The van der Waals surface area contributed by atoms with Crippen LogP contribution in [0.3, 0.4) is 0 Å². The van der Waals surface area contributed by atoms with Crippen LogP contribution in [0.4, 0.5) is 8.78 Å². The molecule has 3 aromatic rings.